The second kappa shape index (κ2) is 9.94. The molecule has 0 bridgehead atoms. The number of piperazine rings is 1. The second-order valence-corrected chi connectivity index (χ2v) is 8.19. The first-order valence-electron chi connectivity index (χ1n) is 10.9. The molecule has 0 saturated carbocycles. The van der Waals surface area contributed by atoms with Crippen molar-refractivity contribution in [3.05, 3.63) is 60.2 Å². The molecular formula is C24H30N4O3. The van der Waals surface area contributed by atoms with E-state index in [0.717, 1.165) is 44.0 Å². The molecule has 0 aromatic heterocycles. The number of amides is 2. The number of fused-ring (bicyclic) bond motifs is 1. The predicted octanol–water partition coefficient (Wildman–Crippen LogP) is 1.91. The SMILES string of the molecule is CN1CCN(CC(NC(=O)CCN2C(=O)COc3ccccc32)c2ccccc2)CC1. The zero-order valence-electron chi connectivity index (χ0n) is 18.0. The zero-order chi connectivity index (χ0) is 21.6. The molecule has 7 heteroatoms. The standard InChI is InChI=1S/C24H30N4O3/c1-26-13-15-27(16-14-26)17-20(19-7-3-2-4-8-19)25-23(29)11-12-28-21-9-5-6-10-22(21)31-18-24(28)30/h2-10,20H,11-18H2,1H3,(H,25,29). The molecular weight excluding hydrogens is 392 g/mol. The molecule has 2 amide bonds. The molecule has 1 atom stereocenters. The van der Waals surface area contributed by atoms with E-state index in [9.17, 15) is 9.59 Å². The Hall–Kier alpha value is -2.90. The van der Waals surface area contributed by atoms with Gasteiger partial charge in [-0.2, -0.15) is 0 Å². The summed E-state index contributed by atoms with van der Waals surface area (Å²) in [6, 6.07) is 17.5. The van der Waals surface area contributed by atoms with Crippen molar-refractivity contribution in [3.63, 3.8) is 0 Å². The van der Waals surface area contributed by atoms with Crippen LogP contribution in [0.4, 0.5) is 5.69 Å². The summed E-state index contributed by atoms with van der Waals surface area (Å²) in [5.74, 6) is 0.503. The molecule has 2 aliphatic rings. The van der Waals surface area contributed by atoms with Gasteiger partial charge >= 0.3 is 0 Å². The molecule has 2 heterocycles. The summed E-state index contributed by atoms with van der Waals surface area (Å²) in [4.78, 5) is 31.6. The van der Waals surface area contributed by atoms with Crippen molar-refractivity contribution in [3.8, 4) is 5.75 Å². The van der Waals surface area contributed by atoms with E-state index in [1.807, 2.05) is 42.5 Å². The lowest BCUT2D eigenvalue weighted by atomic mass is 10.1. The van der Waals surface area contributed by atoms with Crippen LogP contribution in [0.1, 0.15) is 18.0 Å². The second-order valence-electron chi connectivity index (χ2n) is 8.19. The third-order valence-corrected chi connectivity index (χ3v) is 5.94. The summed E-state index contributed by atoms with van der Waals surface area (Å²) in [5, 5.41) is 3.21. The molecule has 31 heavy (non-hydrogen) atoms. The van der Waals surface area contributed by atoms with Gasteiger partial charge in [0.25, 0.3) is 5.91 Å². The van der Waals surface area contributed by atoms with E-state index in [0.29, 0.717) is 12.3 Å². The third kappa shape index (κ3) is 5.42. The first-order valence-corrected chi connectivity index (χ1v) is 10.9. The van der Waals surface area contributed by atoms with E-state index in [1.165, 1.54) is 0 Å². The first kappa shape index (κ1) is 21.3. The summed E-state index contributed by atoms with van der Waals surface area (Å²) in [5.41, 5.74) is 1.83. The average Bonchev–Trinajstić information content (AvgIpc) is 2.80. The molecule has 1 unspecified atom stereocenters. The van der Waals surface area contributed by atoms with Crippen LogP contribution in [0.5, 0.6) is 5.75 Å². The van der Waals surface area contributed by atoms with Crippen LogP contribution in [0.3, 0.4) is 0 Å². The van der Waals surface area contributed by atoms with Crippen molar-refractivity contribution in [1.29, 1.82) is 0 Å². The minimum absolute atomic E-state index is 0.00861. The van der Waals surface area contributed by atoms with E-state index in [4.69, 9.17) is 4.74 Å². The summed E-state index contributed by atoms with van der Waals surface area (Å²) in [6.45, 7) is 5.18. The fourth-order valence-electron chi connectivity index (χ4n) is 4.09. The number of nitrogens with one attached hydrogen (secondary N) is 1. The van der Waals surface area contributed by atoms with Gasteiger partial charge in [0.15, 0.2) is 6.61 Å². The van der Waals surface area contributed by atoms with Gasteiger partial charge in [0.05, 0.1) is 11.7 Å². The molecule has 4 rings (SSSR count). The minimum atomic E-state index is -0.122. The summed E-state index contributed by atoms with van der Waals surface area (Å²) in [7, 11) is 2.14. The number of carbonyl (C=O) groups is 2. The van der Waals surface area contributed by atoms with Crippen molar-refractivity contribution in [2.75, 3.05) is 57.8 Å². The average molecular weight is 423 g/mol. The van der Waals surface area contributed by atoms with Crippen LogP contribution in [0.2, 0.25) is 0 Å². The highest BCUT2D eigenvalue weighted by Gasteiger charge is 2.26. The fraction of sp³-hybridized carbons (Fsp3) is 0.417. The molecule has 1 fully saturated rings. The summed E-state index contributed by atoms with van der Waals surface area (Å²) < 4.78 is 5.49. The topological polar surface area (TPSA) is 65.1 Å². The number of para-hydroxylation sites is 2. The Bertz CT molecular complexity index is 897. The van der Waals surface area contributed by atoms with Gasteiger partial charge < -0.3 is 19.9 Å². The number of carbonyl (C=O) groups excluding carboxylic acids is 2. The Kier molecular flexibility index (Phi) is 6.84. The third-order valence-electron chi connectivity index (χ3n) is 5.94. The van der Waals surface area contributed by atoms with Gasteiger partial charge in [0, 0.05) is 45.7 Å². The minimum Gasteiger partial charge on any atom is -0.482 e. The maximum atomic E-state index is 12.9. The van der Waals surface area contributed by atoms with Gasteiger partial charge in [-0.05, 0) is 24.7 Å². The summed E-state index contributed by atoms with van der Waals surface area (Å²) >= 11 is 0. The van der Waals surface area contributed by atoms with Crippen LogP contribution in [0.15, 0.2) is 54.6 Å². The predicted molar refractivity (Wildman–Crippen MR) is 120 cm³/mol. The Morgan fingerprint density at radius 1 is 1.03 bits per heavy atom. The van der Waals surface area contributed by atoms with Crippen LogP contribution in [-0.2, 0) is 9.59 Å². The normalized spacial score (nSPS) is 18.2. The van der Waals surface area contributed by atoms with Gasteiger partial charge in [-0.15, -0.1) is 0 Å². The molecule has 2 aliphatic heterocycles. The Morgan fingerprint density at radius 2 is 1.74 bits per heavy atom. The van der Waals surface area contributed by atoms with E-state index in [1.54, 1.807) is 4.90 Å². The fourth-order valence-corrected chi connectivity index (χ4v) is 4.09. The summed E-state index contributed by atoms with van der Waals surface area (Å²) in [6.07, 6.45) is 0.242. The molecule has 2 aromatic rings. The Balaban J connectivity index is 1.39. The van der Waals surface area contributed by atoms with Crippen molar-refractivity contribution in [2.24, 2.45) is 0 Å². The van der Waals surface area contributed by atoms with E-state index in [-0.39, 0.29) is 30.9 Å². The molecule has 1 N–H and O–H groups in total. The maximum Gasteiger partial charge on any atom is 0.265 e. The number of benzene rings is 2. The molecule has 0 spiro atoms. The maximum absolute atomic E-state index is 12.9. The van der Waals surface area contributed by atoms with E-state index < -0.39 is 0 Å². The molecule has 164 valence electrons. The van der Waals surface area contributed by atoms with Crippen LogP contribution >= 0.6 is 0 Å². The number of nitrogens with zero attached hydrogens (tertiary/aromatic N) is 3. The number of likely N-dealkylation sites (N-methyl/N-ethyl adjacent to an activating group) is 1. The van der Waals surface area contributed by atoms with Crippen molar-refractivity contribution < 1.29 is 14.3 Å². The molecule has 2 aromatic carbocycles. The van der Waals surface area contributed by atoms with Crippen molar-refractivity contribution in [1.82, 2.24) is 15.1 Å². The number of ether oxygens (including phenoxy) is 1. The van der Waals surface area contributed by atoms with Crippen molar-refractivity contribution in [2.45, 2.75) is 12.5 Å². The monoisotopic (exact) mass is 422 g/mol. The van der Waals surface area contributed by atoms with Crippen LogP contribution in [0.25, 0.3) is 0 Å². The largest absolute Gasteiger partial charge is 0.482 e. The molecule has 0 aliphatic carbocycles. The lowest BCUT2D eigenvalue weighted by Crippen LogP contribution is -2.48. The zero-order valence-corrected chi connectivity index (χ0v) is 18.0. The van der Waals surface area contributed by atoms with Gasteiger partial charge in [-0.1, -0.05) is 42.5 Å². The Morgan fingerprint density at radius 3 is 2.52 bits per heavy atom. The quantitative estimate of drug-likeness (QED) is 0.739. The number of hydrogen-bond acceptors (Lipinski definition) is 5. The molecule has 1 saturated heterocycles. The van der Waals surface area contributed by atoms with Gasteiger partial charge in [-0.3, -0.25) is 14.5 Å². The lowest BCUT2D eigenvalue weighted by Gasteiger charge is -2.35. The number of rotatable bonds is 7. The molecule has 7 nitrogen and oxygen atoms in total. The van der Waals surface area contributed by atoms with E-state index >= 15 is 0 Å². The van der Waals surface area contributed by atoms with Crippen LogP contribution in [-0.4, -0.2) is 74.5 Å². The molecule has 0 radical (unpaired) electrons. The van der Waals surface area contributed by atoms with Crippen LogP contribution < -0.4 is 15.0 Å². The van der Waals surface area contributed by atoms with Crippen molar-refractivity contribution >= 4 is 17.5 Å². The Labute approximate surface area is 183 Å². The van der Waals surface area contributed by atoms with E-state index in [2.05, 4.69) is 34.3 Å². The van der Waals surface area contributed by atoms with Gasteiger partial charge in [-0.25, -0.2) is 0 Å². The first-order chi connectivity index (χ1) is 15.1. The highest BCUT2D eigenvalue weighted by molar-refractivity contribution is 5.98. The van der Waals surface area contributed by atoms with Gasteiger partial charge in [0.1, 0.15) is 5.75 Å². The lowest BCUT2D eigenvalue weighted by molar-refractivity contribution is -0.122. The van der Waals surface area contributed by atoms with Crippen LogP contribution in [0, 0.1) is 0 Å². The number of hydrogen-bond donors (Lipinski definition) is 1. The number of anilines is 1. The smallest absolute Gasteiger partial charge is 0.265 e. The highest BCUT2D eigenvalue weighted by atomic mass is 16.5. The van der Waals surface area contributed by atoms with Gasteiger partial charge in [0.2, 0.25) is 5.91 Å². The highest BCUT2D eigenvalue weighted by Crippen LogP contribution is 2.31.